The average Bonchev–Trinajstić information content (AvgIpc) is 2.33. The summed E-state index contributed by atoms with van der Waals surface area (Å²) in [7, 11) is 0. The van der Waals surface area contributed by atoms with Gasteiger partial charge in [0.05, 0.1) is 11.9 Å². The van der Waals surface area contributed by atoms with Crippen molar-refractivity contribution in [2.75, 3.05) is 6.67 Å². The number of rotatable bonds is 0. The van der Waals surface area contributed by atoms with Crippen molar-refractivity contribution in [3.05, 3.63) is 11.8 Å². The molecule has 60 valence electrons. The fraction of sp³-hybridized carbons (Fsp3) is 0.200. The third-order valence-electron chi connectivity index (χ3n) is 1.38. The third-order valence-corrected chi connectivity index (χ3v) is 1.38. The second kappa shape index (κ2) is 2.79. The van der Waals surface area contributed by atoms with Crippen molar-refractivity contribution in [1.82, 2.24) is 15.9 Å². The first-order chi connectivity index (χ1) is 4.86. The molecule has 0 unspecified atom stereocenters. The molecule has 11 heavy (non-hydrogen) atoms. The molecule has 0 spiro atoms. The maximum absolute atomic E-state index is 10.7. The molecule has 0 atom stereocenters. The lowest BCUT2D eigenvalue weighted by Gasteiger charge is -2.21. The summed E-state index contributed by atoms with van der Waals surface area (Å²) in [4.78, 5) is 10.7. The van der Waals surface area contributed by atoms with E-state index in [1.807, 2.05) is 0 Å². The van der Waals surface area contributed by atoms with Crippen LogP contribution >= 0.6 is 12.4 Å². The van der Waals surface area contributed by atoms with Gasteiger partial charge in [0.25, 0.3) is 0 Å². The van der Waals surface area contributed by atoms with E-state index in [9.17, 15) is 4.79 Å². The molecule has 0 aromatic heterocycles. The Hall–Kier alpha value is -1.23. The highest BCUT2D eigenvalue weighted by Crippen LogP contribution is 2.05. The van der Waals surface area contributed by atoms with Gasteiger partial charge in [-0.05, 0) is 0 Å². The van der Waals surface area contributed by atoms with Gasteiger partial charge in [-0.3, -0.25) is 9.80 Å². The zero-order valence-electron chi connectivity index (χ0n) is 5.57. The van der Waals surface area contributed by atoms with Crippen molar-refractivity contribution < 1.29 is 4.79 Å². The molecule has 0 saturated carbocycles. The Kier molecular flexibility index (Phi) is 2.00. The SMILES string of the molecule is Cl.O=C1C=C2C=NNN2CN1. The monoisotopic (exact) mass is 174 g/mol. The minimum absolute atomic E-state index is 0. The van der Waals surface area contributed by atoms with Gasteiger partial charge in [0, 0.05) is 6.08 Å². The summed E-state index contributed by atoms with van der Waals surface area (Å²) in [5, 5.41) is 8.11. The zero-order valence-corrected chi connectivity index (χ0v) is 6.39. The van der Waals surface area contributed by atoms with Crippen molar-refractivity contribution in [2.45, 2.75) is 0 Å². The van der Waals surface area contributed by atoms with Crippen molar-refractivity contribution >= 4 is 24.5 Å². The molecule has 2 rings (SSSR count). The van der Waals surface area contributed by atoms with E-state index in [0.717, 1.165) is 5.70 Å². The molecule has 0 bridgehead atoms. The lowest BCUT2D eigenvalue weighted by atomic mass is 10.3. The molecular formula is C5H7ClN4O. The van der Waals surface area contributed by atoms with Gasteiger partial charge in [0.2, 0.25) is 5.91 Å². The molecule has 0 saturated heterocycles. The number of hydrazone groups is 1. The van der Waals surface area contributed by atoms with E-state index in [2.05, 4.69) is 16.0 Å². The Labute approximate surface area is 69.5 Å². The van der Waals surface area contributed by atoms with Crippen LogP contribution in [0.2, 0.25) is 0 Å². The van der Waals surface area contributed by atoms with E-state index in [0.29, 0.717) is 6.67 Å². The van der Waals surface area contributed by atoms with Gasteiger partial charge in [-0.15, -0.1) is 12.4 Å². The number of fused-ring (bicyclic) bond motifs is 1. The molecular weight excluding hydrogens is 168 g/mol. The number of carbonyl (C=O) groups excluding carboxylic acids is 1. The van der Waals surface area contributed by atoms with Crippen LogP contribution in [0, 0.1) is 0 Å². The summed E-state index contributed by atoms with van der Waals surface area (Å²) in [6.07, 6.45) is 3.10. The summed E-state index contributed by atoms with van der Waals surface area (Å²) in [5.41, 5.74) is 3.51. The zero-order chi connectivity index (χ0) is 6.97. The quantitative estimate of drug-likeness (QED) is 0.505. The first kappa shape index (κ1) is 7.87. The summed E-state index contributed by atoms with van der Waals surface area (Å²) in [5.74, 6) is -0.0681. The van der Waals surface area contributed by atoms with Crippen molar-refractivity contribution in [3.8, 4) is 0 Å². The lowest BCUT2D eigenvalue weighted by Crippen LogP contribution is -2.43. The standard InChI is InChI=1S/C5H6N4O.ClH/c10-5-1-4-2-7-8-9(4)3-6-5;/h1-2,8H,3H2,(H,6,10);1H. The van der Waals surface area contributed by atoms with E-state index in [1.54, 1.807) is 11.2 Å². The predicted molar refractivity (Wildman–Crippen MR) is 41.8 cm³/mol. The fourth-order valence-electron chi connectivity index (χ4n) is 0.876. The predicted octanol–water partition coefficient (Wildman–Crippen LogP) is -0.815. The van der Waals surface area contributed by atoms with Crippen LogP contribution in [0.15, 0.2) is 16.9 Å². The Morgan fingerprint density at radius 1 is 1.64 bits per heavy atom. The van der Waals surface area contributed by atoms with Gasteiger partial charge < -0.3 is 5.32 Å². The molecule has 5 nitrogen and oxygen atoms in total. The number of carbonyl (C=O) groups is 1. The van der Waals surface area contributed by atoms with Crippen LogP contribution in [-0.2, 0) is 4.79 Å². The van der Waals surface area contributed by atoms with E-state index >= 15 is 0 Å². The van der Waals surface area contributed by atoms with Crippen LogP contribution in [-0.4, -0.2) is 23.8 Å². The summed E-state index contributed by atoms with van der Waals surface area (Å²) < 4.78 is 0. The number of hydrazine groups is 1. The average molecular weight is 175 g/mol. The summed E-state index contributed by atoms with van der Waals surface area (Å²) in [6.45, 7) is 0.477. The molecule has 0 radical (unpaired) electrons. The van der Waals surface area contributed by atoms with Gasteiger partial charge in [-0.1, -0.05) is 0 Å². The van der Waals surface area contributed by atoms with Crippen molar-refractivity contribution in [2.24, 2.45) is 5.10 Å². The van der Waals surface area contributed by atoms with E-state index in [4.69, 9.17) is 0 Å². The van der Waals surface area contributed by atoms with E-state index in [1.165, 1.54) is 6.08 Å². The molecule has 0 aromatic rings. The van der Waals surface area contributed by atoms with Crippen molar-refractivity contribution in [3.63, 3.8) is 0 Å². The maximum atomic E-state index is 10.7. The van der Waals surface area contributed by atoms with Crippen LogP contribution in [0.3, 0.4) is 0 Å². The lowest BCUT2D eigenvalue weighted by molar-refractivity contribution is -0.118. The Bertz CT molecular complexity index is 237. The molecule has 2 N–H and O–H groups in total. The Balaban J connectivity index is 0.000000605. The van der Waals surface area contributed by atoms with Crippen LogP contribution < -0.4 is 10.9 Å². The highest BCUT2D eigenvalue weighted by Gasteiger charge is 2.18. The van der Waals surface area contributed by atoms with Gasteiger partial charge in [0.15, 0.2) is 0 Å². The van der Waals surface area contributed by atoms with Crippen LogP contribution in [0.25, 0.3) is 0 Å². The molecule has 0 aliphatic carbocycles. The summed E-state index contributed by atoms with van der Waals surface area (Å²) >= 11 is 0. The van der Waals surface area contributed by atoms with E-state index in [-0.39, 0.29) is 18.3 Å². The molecule has 2 aliphatic rings. The number of hydrogen-bond donors (Lipinski definition) is 2. The molecule has 2 aliphatic heterocycles. The van der Waals surface area contributed by atoms with Crippen molar-refractivity contribution in [1.29, 1.82) is 0 Å². The van der Waals surface area contributed by atoms with Gasteiger partial charge in [-0.2, -0.15) is 5.10 Å². The number of nitrogens with zero attached hydrogens (tertiary/aromatic N) is 2. The topological polar surface area (TPSA) is 56.7 Å². The highest BCUT2D eigenvalue weighted by atomic mass is 35.5. The van der Waals surface area contributed by atoms with Gasteiger partial charge in [0.1, 0.15) is 6.67 Å². The largest absolute Gasteiger partial charge is 0.333 e. The second-order valence-electron chi connectivity index (χ2n) is 2.05. The molecule has 6 heteroatoms. The number of hydrogen-bond acceptors (Lipinski definition) is 4. The number of allylic oxidation sites excluding steroid dienone is 1. The molecule has 0 aromatic carbocycles. The number of halogens is 1. The van der Waals surface area contributed by atoms with E-state index < -0.39 is 0 Å². The Morgan fingerprint density at radius 3 is 3.27 bits per heavy atom. The Morgan fingerprint density at radius 2 is 2.45 bits per heavy atom. The maximum Gasteiger partial charge on any atom is 0.247 e. The summed E-state index contributed by atoms with van der Waals surface area (Å²) in [6, 6.07) is 0. The van der Waals surface area contributed by atoms with Gasteiger partial charge in [-0.25, -0.2) is 5.53 Å². The molecule has 1 amide bonds. The first-order valence-electron chi connectivity index (χ1n) is 2.92. The van der Waals surface area contributed by atoms with Gasteiger partial charge >= 0.3 is 0 Å². The highest BCUT2D eigenvalue weighted by molar-refractivity contribution is 5.95. The molecule has 0 fully saturated rings. The minimum Gasteiger partial charge on any atom is -0.333 e. The number of nitrogens with one attached hydrogen (secondary N) is 2. The second-order valence-corrected chi connectivity index (χ2v) is 2.05. The molecule has 2 heterocycles. The van der Waals surface area contributed by atoms with Crippen LogP contribution in [0.4, 0.5) is 0 Å². The number of amides is 1. The third kappa shape index (κ3) is 1.27. The smallest absolute Gasteiger partial charge is 0.247 e. The van der Waals surface area contributed by atoms with Crippen LogP contribution in [0.5, 0.6) is 0 Å². The minimum atomic E-state index is -0.0681. The fourth-order valence-corrected chi connectivity index (χ4v) is 0.876. The normalized spacial score (nSPS) is 19.5. The van der Waals surface area contributed by atoms with Crippen LogP contribution in [0.1, 0.15) is 0 Å². The first-order valence-corrected chi connectivity index (χ1v) is 2.92.